The van der Waals surface area contributed by atoms with Gasteiger partial charge < -0.3 is 5.32 Å². The molecular weight excluding hydrogens is 336 g/mol. The number of benzene rings is 1. The van der Waals surface area contributed by atoms with Gasteiger partial charge in [0.2, 0.25) is 0 Å². The zero-order chi connectivity index (χ0) is 18.6. The lowest BCUT2D eigenvalue weighted by Crippen LogP contribution is -2.14. The van der Waals surface area contributed by atoms with Gasteiger partial charge in [0.25, 0.3) is 0 Å². The van der Waals surface area contributed by atoms with Crippen molar-refractivity contribution in [3.63, 3.8) is 0 Å². The minimum absolute atomic E-state index is 0.210. The van der Waals surface area contributed by atoms with Gasteiger partial charge in [-0.1, -0.05) is 50.1 Å². The number of aromatic nitrogens is 3. The number of nitrogens with zero attached hydrogens (tertiary/aromatic N) is 2. The average Bonchev–Trinajstić information content (AvgIpc) is 3.33. The number of fused-ring (bicyclic) bond motifs is 1. The van der Waals surface area contributed by atoms with Gasteiger partial charge in [-0.05, 0) is 30.4 Å². The van der Waals surface area contributed by atoms with E-state index in [1.54, 1.807) is 0 Å². The molecule has 27 heavy (non-hydrogen) atoms. The molecule has 1 saturated carbocycles. The molecule has 1 aromatic carbocycles. The first-order valence-electron chi connectivity index (χ1n) is 9.85. The van der Waals surface area contributed by atoms with Gasteiger partial charge in [0, 0.05) is 30.8 Å². The minimum atomic E-state index is 0.210. The van der Waals surface area contributed by atoms with E-state index >= 15 is 0 Å². The molecular formula is C22H26N4O. The Morgan fingerprint density at radius 2 is 2.04 bits per heavy atom. The highest BCUT2D eigenvalue weighted by Gasteiger charge is 2.18. The number of hydrogen-bond acceptors (Lipinski definition) is 4. The van der Waals surface area contributed by atoms with Crippen molar-refractivity contribution in [2.45, 2.75) is 57.4 Å². The fourth-order valence-corrected chi connectivity index (χ4v) is 3.94. The quantitative estimate of drug-likeness (QED) is 0.643. The summed E-state index contributed by atoms with van der Waals surface area (Å²) in [7, 11) is 0. The number of H-pyrrole nitrogens is 1. The number of pyridine rings is 1. The first-order chi connectivity index (χ1) is 13.2. The number of hydrogen-bond donors (Lipinski definition) is 2. The molecule has 140 valence electrons. The van der Waals surface area contributed by atoms with E-state index < -0.39 is 0 Å². The third-order valence-electron chi connectivity index (χ3n) is 5.48. The van der Waals surface area contributed by atoms with Crippen LogP contribution in [0.4, 0.5) is 5.82 Å². The smallest absolute Gasteiger partial charge is 0.157 e. The van der Waals surface area contributed by atoms with Crippen LogP contribution in [-0.2, 0) is 11.2 Å². The molecule has 0 unspecified atom stereocenters. The van der Waals surface area contributed by atoms with Crippen LogP contribution in [0.3, 0.4) is 0 Å². The van der Waals surface area contributed by atoms with Gasteiger partial charge >= 0.3 is 0 Å². The van der Waals surface area contributed by atoms with Gasteiger partial charge in [-0.25, -0.2) is 0 Å². The SMILES string of the molecule is C[C@@H](CC(=O)Cc1cc2[nH]nc(NC3CCCC3)c2cn1)c1ccccc1. The summed E-state index contributed by atoms with van der Waals surface area (Å²) in [5.74, 6) is 1.30. The molecule has 1 atom stereocenters. The normalized spacial score (nSPS) is 15.9. The van der Waals surface area contributed by atoms with E-state index in [0.717, 1.165) is 22.4 Å². The second-order valence-corrected chi connectivity index (χ2v) is 7.65. The summed E-state index contributed by atoms with van der Waals surface area (Å²) in [5, 5.41) is 12.0. The number of carbonyl (C=O) groups excluding carboxylic acids is 1. The van der Waals surface area contributed by atoms with Crippen LogP contribution in [0.15, 0.2) is 42.6 Å². The van der Waals surface area contributed by atoms with Crippen molar-refractivity contribution in [1.82, 2.24) is 15.2 Å². The number of aromatic amines is 1. The molecule has 1 fully saturated rings. The van der Waals surface area contributed by atoms with E-state index in [2.05, 4.69) is 39.6 Å². The predicted molar refractivity (Wildman–Crippen MR) is 108 cm³/mol. The van der Waals surface area contributed by atoms with Gasteiger partial charge in [0.15, 0.2) is 5.82 Å². The third-order valence-corrected chi connectivity index (χ3v) is 5.48. The van der Waals surface area contributed by atoms with Crippen molar-refractivity contribution in [2.24, 2.45) is 0 Å². The number of Topliss-reactive ketones (excluding diaryl/α,β-unsaturated/α-hetero) is 1. The van der Waals surface area contributed by atoms with Crippen molar-refractivity contribution >= 4 is 22.5 Å². The second-order valence-electron chi connectivity index (χ2n) is 7.65. The van der Waals surface area contributed by atoms with Crippen LogP contribution in [0.25, 0.3) is 10.9 Å². The lowest BCUT2D eigenvalue weighted by Gasteiger charge is -2.11. The Morgan fingerprint density at radius 3 is 2.81 bits per heavy atom. The predicted octanol–water partition coefficient (Wildman–Crippen LogP) is 4.62. The van der Waals surface area contributed by atoms with Crippen molar-refractivity contribution in [3.8, 4) is 0 Å². The molecule has 1 aliphatic carbocycles. The maximum absolute atomic E-state index is 12.5. The number of carbonyl (C=O) groups is 1. The molecule has 0 saturated heterocycles. The molecule has 1 aliphatic rings. The fourth-order valence-electron chi connectivity index (χ4n) is 3.94. The van der Waals surface area contributed by atoms with Crippen LogP contribution in [0.2, 0.25) is 0 Å². The summed E-state index contributed by atoms with van der Waals surface area (Å²) < 4.78 is 0. The molecule has 4 rings (SSSR count). The largest absolute Gasteiger partial charge is 0.365 e. The van der Waals surface area contributed by atoms with Crippen LogP contribution < -0.4 is 5.32 Å². The highest BCUT2D eigenvalue weighted by Crippen LogP contribution is 2.26. The zero-order valence-electron chi connectivity index (χ0n) is 15.7. The molecule has 2 aromatic heterocycles. The zero-order valence-corrected chi connectivity index (χ0v) is 15.7. The molecule has 3 aromatic rings. The van der Waals surface area contributed by atoms with Gasteiger partial charge in [-0.3, -0.25) is 14.9 Å². The summed E-state index contributed by atoms with van der Waals surface area (Å²) in [5.41, 5.74) is 2.93. The molecule has 5 heteroatoms. The van der Waals surface area contributed by atoms with Gasteiger partial charge in [0.1, 0.15) is 5.78 Å². The van der Waals surface area contributed by atoms with Crippen LogP contribution in [0, 0.1) is 0 Å². The van der Waals surface area contributed by atoms with Crippen LogP contribution >= 0.6 is 0 Å². The van der Waals surface area contributed by atoms with E-state index in [0.29, 0.717) is 18.9 Å². The molecule has 5 nitrogen and oxygen atoms in total. The molecule has 0 amide bonds. The Balaban J connectivity index is 1.41. The number of nitrogens with one attached hydrogen (secondary N) is 2. The summed E-state index contributed by atoms with van der Waals surface area (Å²) in [4.78, 5) is 17.0. The lowest BCUT2D eigenvalue weighted by atomic mass is 9.94. The third kappa shape index (κ3) is 4.18. The molecule has 0 aliphatic heterocycles. The summed E-state index contributed by atoms with van der Waals surface area (Å²) in [6.45, 7) is 2.10. The van der Waals surface area contributed by atoms with Crippen LogP contribution in [-0.4, -0.2) is 27.0 Å². The monoisotopic (exact) mass is 362 g/mol. The van der Waals surface area contributed by atoms with E-state index in [1.807, 2.05) is 30.5 Å². The molecule has 0 spiro atoms. The second kappa shape index (κ2) is 7.91. The summed E-state index contributed by atoms with van der Waals surface area (Å²) in [6, 6.07) is 12.6. The van der Waals surface area contributed by atoms with Crippen molar-refractivity contribution < 1.29 is 4.79 Å². The maximum Gasteiger partial charge on any atom is 0.157 e. The highest BCUT2D eigenvalue weighted by atomic mass is 16.1. The van der Waals surface area contributed by atoms with E-state index in [4.69, 9.17) is 0 Å². The van der Waals surface area contributed by atoms with Gasteiger partial charge in [0.05, 0.1) is 10.9 Å². The van der Waals surface area contributed by atoms with Crippen molar-refractivity contribution in [1.29, 1.82) is 0 Å². The van der Waals surface area contributed by atoms with Gasteiger partial charge in [-0.15, -0.1) is 0 Å². The van der Waals surface area contributed by atoms with E-state index in [1.165, 1.54) is 31.2 Å². The molecule has 0 radical (unpaired) electrons. The average molecular weight is 362 g/mol. The fraction of sp³-hybridized carbons (Fsp3) is 0.409. The van der Waals surface area contributed by atoms with Crippen LogP contribution in [0.1, 0.15) is 56.2 Å². The maximum atomic E-state index is 12.5. The van der Waals surface area contributed by atoms with Crippen LogP contribution in [0.5, 0.6) is 0 Å². The number of rotatable bonds is 7. The molecule has 0 bridgehead atoms. The Labute approximate surface area is 159 Å². The summed E-state index contributed by atoms with van der Waals surface area (Å²) >= 11 is 0. The number of anilines is 1. The van der Waals surface area contributed by atoms with Gasteiger partial charge in [-0.2, -0.15) is 5.10 Å². The van der Waals surface area contributed by atoms with E-state index in [9.17, 15) is 4.79 Å². The minimum Gasteiger partial charge on any atom is -0.365 e. The Hall–Kier alpha value is -2.69. The highest BCUT2D eigenvalue weighted by molar-refractivity contribution is 5.90. The first kappa shape index (κ1) is 17.7. The molecule has 2 N–H and O–H groups in total. The van der Waals surface area contributed by atoms with E-state index in [-0.39, 0.29) is 11.7 Å². The lowest BCUT2D eigenvalue weighted by molar-refractivity contribution is -0.118. The number of ketones is 1. The summed E-state index contributed by atoms with van der Waals surface area (Å²) in [6.07, 6.45) is 7.69. The topological polar surface area (TPSA) is 70.7 Å². The molecule has 2 heterocycles. The standard InChI is InChI=1S/C22H26N4O/c1-15(16-7-3-2-4-8-16)11-19(27)12-18-13-21-20(14-23-18)22(26-25-21)24-17-9-5-6-10-17/h2-4,7-8,13-15,17H,5-6,9-12H2,1H3,(H2,24,25,26)/t15-/m0/s1. The van der Waals surface area contributed by atoms with Crippen molar-refractivity contribution in [2.75, 3.05) is 5.32 Å². The van der Waals surface area contributed by atoms with Crippen molar-refractivity contribution in [3.05, 3.63) is 53.9 Å². The first-order valence-corrected chi connectivity index (χ1v) is 9.85. The Bertz CT molecular complexity index is 912. The Kier molecular flexibility index (Phi) is 5.19. The Morgan fingerprint density at radius 1 is 1.26 bits per heavy atom.